The molecule has 1 aliphatic rings. The van der Waals surface area contributed by atoms with Gasteiger partial charge in [0.1, 0.15) is 6.54 Å². The minimum absolute atomic E-state index is 0. The Balaban J connectivity index is 0.00000144. The lowest BCUT2D eigenvalue weighted by molar-refractivity contribution is -0.133. The number of nitrogens with one attached hydrogen (secondary N) is 1. The van der Waals surface area contributed by atoms with Gasteiger partial charge in [-0.25, -0.2) is 0 Å². The molecule has 0 radical (unpaired) electrons. The molecule has 1 aliphatic heterocycles. The van der Waals surface area contributed by atoms with Crippen LogP contribution in [0.3, 0.4) is 0 Å². The summed E-state index contributed by atoms with van der Waals surface area (Å²) >= 11 is 0. The molecular weight excluding hydrogens is 275 g/mol. The lowest BCUT2D eigenvalue weighted by Gasteiger charge is -2.32. The number of hydrogen-bond acceptors (Lipinski definition) is 3. The highest BCUT2D eigenvalue weighted by Gasteiger charge is 2.22. The summed E-state index contributed by atoms with van der Waals surface area (Å²) in [5.74, 6) is 0.156. The lowest BCUT2D eigenvalue weighted by atomic mass is 10.1. The van der Waals surface area contributed by atoms with E-state index in [0.717, 1.165) is 25.9 Å². The van der Waals surface area contributed by atoms with E-state index in [-0.39, 0.29) is 30.7 Å². The van der Waals surface area contributed by atoms with Gasteiger partial charge in [0.25, 0.3) is 0 Å². The maximum absolute atomic E-state index is 12.0. The number of piperidine rings is 1. The molecule has 1 fully saturated rings. The van der Waals surface area contributed by atoms with E-state index in [2.05, 4.69) is 10.4 Å². The number of rotatable bonds is 3. The fourth-order valence-electron chi connectivity index (χ4n) is 2.07. The first-order valence-electron chi connectivity index (χ1n) is 5.72. The van der Waals surface area contributed by atoms with Crippen LogP contribution in [0.5, 0.6) is 0 Å². The van der Waals surface area contributed by atoms with Crippen molar-refractivity contribution in [2.75, 3.05) is 20.1 Å². The number of aromatic nitrogens is 2. The van der Waals surface area contributed by atoms with E-state index in [1.165, 1.54) is 0 Å². The van der Waals surface area contributed by atoms with Crippen LogP contribution in [0.4, 0.5) is 0 Å². The van der Waals surface area contributed by atoms with Crippen LogP contribution >= 0.6 is 24.8 Å². The Bertz CT molecular complexity index is 345. The highest BCUT2D eigenvalue weighted by Crippen LogP contribution is 2.10. The van der Waals surface area contributed by atoms with E-state index in [1.54, 1.807) is 10.9 Å². The third-order valence-corrected chi connectivity index (χ3v) is 3.04. The van der Waals surface area contributed by atoms with Crippen molar-refractivity contribution >= 4 is 30.7 Å². The zero-order chi connectivity index (χ0) is 11.4. The quantitative estimate of drug-likeness (QED) is 0.903. The Hall–Kier alpha value is -0.780. The Kier molecular flexibility index (Phi) is 7.98. The molecule has 1 N–H and O–H groups in total. The number of likely N-dealkylation sites (N-methyl/N-ethyl adjacent to an activating group) is 1. The largest absolute Gasteiger partial charge is 0.340 e. The summed E-state index contributed by atoms with van der Waals surface area (Å²) in [5.41, 5.74) is 0. The van der Waals surface area contributed by atoms with Crippen molar-refractivity contribution in [3.05, 3.63) is 18.5 Å². The van der Waals surface area contributed by atoms with Gasteiger partial charge in [-0.05, 0) is 26.0 Å². The molecule has 1 amide bonds. The first kappa shape index (κ1) is 17.2. The summed E-state index contributed by atoms with van der Waals surface area (Å²) in [4.78, 5) is 13.9. The van der Waals surface area contributed by atoms with Crippen LogP contribution in [0, 0.1) is 0 Å². The number of nitrogens with zero attached hydrogens (tertiary/aromatic N) is 3. The summed E-state index contributed by atoms with van der Waals surface area (Å²) < 4.78 is 1.67. The van der Waals surface area contributed by atoms with Gasteiger partial charge in [0.05, 0.1) is 0 Å². The topological polar surface area (TPSA) is 50.2 Å². The van der Waals surface area contributed by atoms with Crippen LogP contribution in [0.2, 0.25) is 0 Å². The lowest BCUT2D eigenvalue weighted by Crippen LogP contribution is -2.47. The van der Waals surface area contributed by atoms with Crippen LogP contribution in [0.15, 0.2) is 18.5 Å². The van der Waals surface area contributed by atoms with E-state index in [9.17, 15) is 4.79 Å². The molecule has 2 rings (SSSR count). The SMILES string of the molecule is CNC1CCCN(C(=O)Cn2cccn2)C1.Cl.Cl. The summed E-state index contributed by atoms with van der Waals surface area (Å²) in [6, 6.07) is 2.27. The standard InChI is InChI=1S/C11H18N4O.2ClH/c1-12-10-4-2-6-14(8-10)11(16)9-15-7-3-5-13-15;;/h3,5,7,10,12H,2,4,6,8-9H2,1H3;2*1H. The van der Waals surface area contributed by atoms with E-state index in [4.69, 9.17) is 0 Å². The zero-order valence-corrected chi connectivity index (χ0v) is 12.0. The van der Waals surface area contributed by atoms with Crippen molar-refractivity contribution in [3.63, 3.8) is 0 Å². The van der Waals surface area contributed by atoms with Crippen LogP contribution in [0.25, 0.3) is 0 Å². The maximum atomic E-state index is 12.0. The predicted octanol–water partition coefficient (Wildman–Crippen LogP) is 0.937. The van der Waals surface area contributed by atoms with Gasteiger partial charge in [0.15, 0.2) is 0 Å². The molecule has 1 aromatic rings. The zero-order valence-electron chi connectivity index (χ0n) is 10.4. The highest BCUT2D eigenvalue weighted by molar-refractivity contribution is 5.85. The second-order valence-corrected chi connectivity index (χ2v) is 4.17. The van der Waals surface area contributed by atoms with E-state index in [1.807, 2.05) is 24.2 Å². The molecule has 1 unspecified atom stereocenters. The van der Waals surface area contributed by atoms with Crippen LogP contribution < -0.4 is 5.32 Å². The summed E-state index contributed by atoms with van der Waals surface area (Å²) in [5, 5.41) is 7.28. The molecule has 2 heterocycles. The molecule has 5 nitrogen and oxygen atoms in total. The van der Waals surface area contributed by atoms with E-state index < -0.39 is 0 Å². The molecule has 0 aliphatic carbocycles. The van der Waals surface area contributed by atoms with Gasteiger partial charge in [0, 0.05) is 31.5 Å². The smallest absolute Gasteiger partial charge is 0.244 e. The van der Waals surface area contributed by atoms with Crippen LogP contribution in [0.1, 0.15) is 12.8 Å². The number of hydrogen-bond donors (Lipinski definition) is 1. The predicted molar refractivity (Wildman–Crippen MR) is 75.4 cm³/mol. The molecular formula is C11H20Cl2N4O. The number of carbonyl (C=O) groups excluding carboxylic acids is 1. The second-order valence-electron chi connectivity index (χ2n) is 4.17. The maximum Gasteiger partial charge on any atom is 0.244 e. The van der Waals surface area contributed by atoms with Crippen LogP contribution in [-0.2, 0) is 11.3 Å². The van der Waals surface area contributed by atoms with Crippen LogP contribution in [-0.4, -0.2) is 46.8 Å². The first-order chi connectivity index (χ1) is 7.79. The van der Waals surface area contributed by atoms with Gasteiger partial charge in [-0.15, -0.1) is 24.8 Å². The molecule has 0 bridgehead atoms. The molecule has 7 heteroatoms. The van der Waals surface area contributed by atoms with Crippen molar-refractivity contribution in [1.29, 1.82) is 0 Å². The molecule has 1 aromatic heterocycles. The molecule has 1 saturated heterocycles. The Morgan fingerprint density at radius 2 is 2.28 bits per heavy atom. The van der Waals surface area contributed by atoms with Gasteiger partial charge in [-0.2, -0.15) is 5.10 Å². The number of likely N-dealkylation sites (tertiary alicyclic amines) is 1. The highest BCUT2D eigenvalue weighted by atomic mass is 35.5. The minimum atomic E-state index is 0. The van der Waals surface area contributed by atoms with Gasteiger partial charge in [-0.3, -0.25) is 9.48 Å². The fraction of sp³-hybridized carbons (Fsp3) is 0.636. The minimum Gasteiger partial charge on any atom is -0.340 e. The van der Waals surface area contributed by atoms with Crippen molar-refractivity contribution in [1.82, 2.24) is 20.0 Å². The molecule has 1 atom stereocenters. The summed E-state index contributed by atoms with van der Waals surface area (Å²) in [6.45, 7) is 2.04. The fourth-order valence-corrected chi connectivity index (χ4v) is 2.07. The number of halogens is 2. The normalized spacial score (nSPS) is 18.7. The molecule has 0 aromatic carbocycles. The number of carbonyl (C=O) groups is 1. The van der Waals surface area contributed by atoms with Crippen molar-refractivity contribution in [2.45, 2.75) is 25.4 Å². The second kappa shape index (κ2) is 8.34. The average molecular weight is 295 g/mol. The number of amides is 1. The Labute approximate surface area is 120 Å². The van der Waals surface area contributed by atoms with Gasteiger partial charge >= 0.3 is 0 Å². The van der Waals surface area contributed by atoms with Gasteiger partial charge in [-0.1, -0.05) is 0 Å². The average Bonchev–Trinajstić information content (AvgIpc) is 2.82. The van der Waals surface area contributed by atoms with E-state index in [0.29, 0.717) is 12.6 Å². The summed E-state index contributed by atoms with van der Waals surface area (Å²) in [6.07, 6.45) is 5.75. The van der Waals surface area contributed by atoms with E-state index >= 15 is 0 Å². The molecule has 0 saturated carbocycles. The monoisotopic (exact) mass is 294 g/mol. The third kappa shape index (κ3) is 4.48. The van der Waals surface area contributed by atoms with Crippen molar-refractivity contribution < 1.29 is 4.79 Å². The Morgan fingerprint density at radius 3 is 2.89 bits per heavy atom. The van der Waals surface area contributed by atoms with Gasteiger partial charge in [0.2, 0.25) is 5.91 Å². The Morgan fingerprint density at radius 1 is 1.50 bits per heavy atom. The van der Waals surface area contributed by atoms with Crippen molar-refractivity contribution in [3.8, 4) is 0 Å². The molecule has 0 spiro atoms. The summed E-state index contributed by atoms with van der Waals surface area (Å²) in [7, 11) is 1.95. The molecule has 18 heavy (non-hydrogen) atoms. The van der Waals surface area contributed by atoms with Crippen molar-refractivity contribution in [2.24, 2.45) is 0 Å². The van der Waals surface area contributed by atoms with Gasteiger partial charge < -0.3 is 10.2 Å². The third-order valence-electron chi connectivity index (χ3n) is 3.04. The molecule has 104 valence electrons. The first-order valence-corrected chi connectivity index (χ1v) is 5.72.